The van der Waals surface area contributed by atoms with Gasteiger partial charge in [0.25, 0.3) is 0 Å². The number of aliphatic hydroxyl groups excluding tert-OH is 1. The largest absolute Gasteiger partial charge is 0.396 e. The summed E-state index contributed by atoms with van der Waals surface area (Å²) in [5, 5.41) is 8.65. The topological polar surface area (TPSA) is 38.7 Å². The van der Waals surface area contributed by atoms with Crippen molar-refractivity contribution in [2.24, 2.45) is 0 Å². The Balaban J connectivity index is 2.30. The Kier molecular flexibility index (Phi) is 5.46. The molecule has 0 fully saturated rings. The maximum absolute atomic E-state index is 8.65. The molecule has 0 radical (unpaired) electrons. The van der Waals surface area contributed by atoms with Crippen molar-refractivity contribution in [3.63, 3.8) is 0 Å². The zero-order valence-corrected chi connectivity index (χ0v) is 9.98. The van der Waals surface area contributed by atoms with Crippen LogP contribution >= 0.6 is 0 Å². The molecule has 0 heterocycles. The fraction of sp³-hybridized carbons (Fsp3) is 0.538. The average Bonchev–Trinajstić information content (AvgIpc) is 2.28. The van der Waals surface area contributed by atoms with Crippen LogP contribution in [0.15, 0.2) is 30.3 Å². The SMILES string of the molecule is CC(C)(OCCCO)OCc1ccccc1. The van der Waals surface area contributed by atoms with Crippen molar-refractivity contribution < 1.29 is 14.6 Å². The van der Waals surface area contributed by atoms with Crippen LogP contribution < -0.4 is 0 Å². The van der Waals surface area contributed by atoms with Gasteiger partial charge in [-0.25, -0.2) is 0 Å². The van der Waals surface area contributed by atoms with Crippen LogP contribution in [0.5, 0.6) is 0 Å². The summed E-state index contributed by atoms with van der Waals surface area (Å²) in [4.78, 5) is 0. The summed E-state index contributed by atoms with van der Waals surface area (Å²) < 4.78 is 11.2. The second-order valence-corrected chi connectivity index (χ2v) is 4.10. The summed E-state index contributed by atoms with van der Waals surface area (Å²) in [6, 6.07) is 9.98. The van der Waals surface area contributed by atoms with Crippen molar-refractivity contribution in [1.82, 2.24) is 0 Å². The van der Waals surface area contributed by atoms with E-state index < -0.39 is 5.79 Å². The van der Waals surface area contributed by atoms with Crippen molar-refractivity contribution in [3.05, 3.63) is 35.9 Å². The maximum atomic E-state index is 8.65. The Bertz CT molecular complexity index is 282. The van der Waals surface area contributed by atoms with Crippen molar-refractivity contribution in [1.29, 1.82) is 0 Å². The lowest BCUT2D eigenvalue weighted by Crippen LogP contribution is -2.28. The van der Waals surface area contributed by atoms with Gasteiger partial charge in [-0.1, -0.05) is 30.3 Å². The molecule has 0 aromatic heterocycles. The van der Waals surface area contributed by atoms with E-state index in [0.29, 0.717) is 19.6 Å². The molecule has 3 nitrogen and oxygen atoms in total. The van der Waals surface area contributed by atoms with Gasteiger partial charge in [0.2, 0.25) is 0 Å². The van der Waals surface area contributed by atoms with Crippen LogP contribution in [-0.2, 0) is 16.1 Å². The third kappa shape index (κ3) is 5.26. The van der Waals surface area contributed by atoms with E-state index in [-0.39, 0.29) is 6.61 Å². The van der Waals surface area contributed by atoms with E-state index in [0.717, 1.165) is 5.56 Å². The van der Waals surface area contributed by atoms with Gasteiger partial charge >= 0.3 is 0 Å². The third-order valence-corrected chi connectivity index (χ3v) is 2.18. The van der Waals surface area contributed by atoms with E-state index in [2.05, 4.69) is 0 Å². The number of aliphatic hydroxyl groups is 1. The summed E-state index contributed by atoms with van der Waals surface area (Å²) >= 11 is 0. The average molecular weight is 224 g/mol. The van der Waals surface area contributed by atoms with Gasteiger partial charge < -0.3 is 14.6 Å². The van der Waals surface area contributed by atoms with Crippen LogP contribution in [0.4, 0.5) is 0 Å². The van der Waals surface area contributed by atoms with Crippen molar-refractivity contribution in [2.75, 3.05) is 13.2 Å². The van der Waals surface area contributed by atoms with E-state index in [1.54, 1.807) is 0 Å². The molecule has 1 aromatic carbocycles. The summed E-state index contributed by atoms with van der Waals surface area (Å²) in [7, 11) is 0. The highest BCUT2D eigenvalue weighted by atomic mass is 16.7. The molecule has 0 saturated heterocycles. The number of benzene rings is 1. The first-order valence-electron chi connectivity index (χ1n) is 5.57. The second-order valence-electron chi connectivity index (χ2n) is 4.10. The monoisotopic (exact) mass is 224 g/mol. The molecule has 0 aliphatic carbocycles. The van der Waals surface area contributed by atoms with E-state index in [4.69, 9.17) is 14.6 Å². The van der Waals surface area contributed by atoms with Gasteiger partial charge in [0.15, 0.2) is 5.79 Å². The minimum atomic E-state index is -0.606. The number of hydrogen-bond donors (Lipinski definition) is 1. The summed E-state index contributed by atoms with van der Waals surface area (Å²) in [5.74, 6) is -0.606. The maximum Gasteiger partial charge on any atom is 0.163 e. The summed E-state index contributed by atoms with van der Waals surface area (Å²) in [5.41, 5.74) is 1.13. The minimum Gasteiger partial charge on any atom is -0.396 e. The van der Waals surface area contributed by atoms with E-state index in [9.17, 15) is 0 Å². The van der Waals surface area contributed by atoms with E-state index in [1.807, 2.05) is 44.2 Å². The molecule has 0 bridgehead atoms. The van der Waals surface area contributed by atoms with E-state index >= 15 is 0 Å². The summed E-state index contributed by atoms with van der Waals surface area (Å²) in [6.45, 7) is 4.96. The highest BCUT2D eigenvalue weighted by molar-refractivity contribution is 5.13. The first-order chi connectivity index (χ1) is 7.64. The summed E-state index contributed by atoms with van der Waals surface area (Å²) in [6.07, 6.45) is 0.637. The molecule has 0 spiro atoms. The highest BCUT2D eigenvalue weighted by Gasteiger charge is 2.18. The molecule has 1 aromatic rings. The third-order valence-electron chi connectivity index (χ3n) is 2.18. The van der Waals surface area contributed by atoms with Crippen molar-refractivity contribution >= 4 is 0 Å². The molecule has 0 atom stereocenters. The molecule has 0 saturated carbocycles. The molecule has 0 amide bonds. The lowest BCUT2D eigenvalue weighted by atomic mass is 10.2. The smallest absolute Gasteiger partial charge is 0.163 e. The highest BCUT2D eigenvalue weighted by Crippen LogP contribution is 2.14. The number of hydrogen-bond acceptors (Lipinski definition) is 3. The van der Waals surface area contributed by atoms with Gasteiger partial charge in [0, 0.05) is 6.61 Å². The van der Waals surface area contributed by atoms with Crippen LogP contribution in [0.25, 0.3) is 0 Å². The van der Waals surface area contributed by atoms with Gasteiger partial charge in [-0.2, -0.15) is 0 Å². The standard InChI is InChI=1S/C13H20O3/c1-13(2,15-10-6-9-14)16-11-12-7-4-3-5-8-12/h3-5,7-8,14H,6,9-11H2,1-2H3. The normalized spacial score (nSPS) is 11.7. The van der Waals surface area contributed by atoms with Gasteiger partial charge in [-0.3, -0.25) is 0 Å². The van der Waals surface area contributed by atoms with Crippen LogP contribution in [0.1, 0.15) is 25.8 Å². The first kappa shape index (κ1) is 13.2. The Morgan fingerprint density at radius 2 is 1.81 bits per heavy atom. The zero-order valence-electron chi connectivity index (χ0n) is 9.98. The molecule has 0 aliphatic rings. The molecule has 0 unspecified atom stereocenters. The van der Waals surface area contributed by atoms with Crippen LogP contribution in [0.2, 0.25) is 0 Å². The quantitative estimate of drug-likeness (QED) is 0.570. The Morgan fingerprint density at radius 3 is 2.44 bits per heavy atom. The van der Waals surface area contributed by atoms with Crippen LogP contribution in [0.3, 0.4) is 0 Å². The molecule has 90 valence electrons. The molecular weight excluding hydrogens is 204 g/mol. The lowest BCUT2D eigenvalue weighted by Gasteiger charge is -2.25. The molecular formula is C13H20O3. The van der Waals surface area contributed by atoms with Gasteiger partial charge in [-0.05, 0) is 25.8 Å². The molecule has 0 aliphatic heterocycles. The minimum absolute atomic E-state index is 0.148. The Morgan fingerprint density at radius 1 is 1.12 bits per heavy atom. The van der Waals surface area contributed by atoms with Gasteiger partial charge in [-0.15, -0.1) is 0 Å². The predicted octanol–water partition coefficient (Wildman–Crippen LogP) is 2.34. The molecule has 1 rings (SSSR count). The molecule has 1 N–H and O–H groups in total. The molecule has 16 heavy (non-hydrogen) atoms. The number of rotatable bonds is 7. The van der Waals surface area contributed by atoms with E-state index in [1.165, 1.54) is 0 Å². The second kappa shape index (κ2) is 6.63. The van der Waals surface area contributed by atoms with Gasteiger partial charge in [0.05, 0.1) is 13.2 Å². The van der Waals surface area contributed by atoms with Crippen LogP contribution in [-0.4, -0.2) is 24.1 Å². The predicted molar refractivity (Wildman–Crippen MR) is 63.0 cm³/mol. The van der Waals surface area contributed by atoms with Crippen molar-refractivity contribution in [2.45, 2.75) is 32.7 Å². The van der Waals surface area contributed by atoms with Crippen molar-refractivity contribution in [3.8, 4) is 0 Å². The zero-order chi connectivity index (χ0) is 11.9. The Hall–Kier alpha value is -0.900. The fourth-order valence-electron chi connectivity index (χ4n) is 1.26. The first-order valence-corrected chi connectivity index (χ1v) is 5.57. The van der Waals surface area contributed by atoms with Crippen LogP contribution in [0, 0.1) is 0 Å². The molecule has 3 heteroatoms. The number of ether oxygens (including phenoxy) is 2. The van der Waals surface area contributed by atoms with Gasteiger partial charge in [0.1, 0.15) is 0 Å². The Labute approximate surface area is 97.0 Å². The fourth-order valence-corrected chi connectivity index (χ4v) is 1.26. The lowest BCUT2D eigenvalue weighted by molar-refractivity contribution is -0.220.